The second kappa shape index (κ2) is 7.27. The summed E-state index contributed by atoms with van der Waals surface area (Å²) in [4.78, 5) is 31.3. The van der Waals surface area contributed by atoms with Gasteiger partial charge in [-0.15, -0.1) is 0 Å². The predicted octanol–water partition coefficient (Wildman–Crippen LogP) is 3.51. The predicted molar refractivity (Wildman–Crippen MR) is 115 cm³/mol. The fourth-order valence-electron chi connectivity index (χ4n) is 5.19. The highest BCUT2D eigenvalue weighted by Crippen LogP contribution is 2.43. The number of amides is 1. The van der Waals surface area contributed by atoms with Crippen molar-refractivity contribution in [3.63, 3.8) is 0 Å². The molecule has 1 unspecified atom stereocenters. The van der Waals surface area contributed by atoms with Crippen molar-refractivity contribution in [3.8, 4) is 5.75 Å². The molecule has 1 aromatic heterocycles. The fraction of sp³-hybridized carbons (Fsp3) is 0.375. The van der Waals surface area contributed by atoms with Crippen LogP contribution in [0.2, 0.25) is 0 Å². The van der Waals surface area contributed by atoms with Crippen molar-refractivity contribution in [1.82, 2.24) is 14.5 Å². The SMILES string of the molecule is CN1CCn2c(C(c3cccc4ccccc34)C3CCCC3)nc(=O)c(O)c2C1=O. The van der Waals surface area contributed by atoms with Crippen LogP contribution in [0.5, 0.6) is 5.75 Å². The van der Waals surface area contributed by atoms with Gasteiger partial charge in [-0.05, 0) is 35.1 Å². The summed E-state index contributed by atoms with van der Waals surface area (Å²) in [5, 5.41) is 12.7. The molecule has 3 aromatic rings. The van der Waals surface area contributed by atoms with E-state index in [9.17, 15) is 14.7 Å². The van der Waals surface area contributed by atoms with Gasteiger partial charge in [0, 0.05) is 26.1 Å². The van der Waals surface area contributed by atoms with Gasteiger partial charge in [0.25, 0.3) is 5.91 Å². The Hall–Kier alpha value is -3.15. The minimum absolute atomic E-state index is 0.0713. The van der Waals surface area contributed by atoms with E-state index in [2.05, 4.69) is 29.2 Å². The molecule has 1 amide bonds. The van der Waals surface area contributed by atoms with Crippen LogP contribution in [-0.4, -0.2) is 39.1 Å². The standard InChI is InChI=1S/C24H25N3O3/c1-26-13-14-27-20(24(26)30)21(28)23(29)25-22(27)19(16-8-2-3-9-16)18-12-6-10-15-7-4-5-11-17(15)18/h4-7,10-12,16,19,28H,2-3,8-9,13-14H2,1H3. The molecular formula is C24H25N3O3. The molecule has 154 valence electrons. The van der Waals surface area contributed by atoms with Crippen LogP contribution >= 0.6 is 0 Å². The smallest absolute Gasteiger partial charge is 0.315 e. The zero-order valence-corrected chi connectivity index (χ0v) is 17.0. The quantitative estimate of drug-likeness (QED) is 0.726. The lowest BCUT2D eigenvalue weighted by Crippen LogP contribution is -2.41. The summed E-state index contributed by atoms with van der Waals surface area (Å²) in [6.07, 6.45) is 4.44. The van der Waals surface area contributed by atoms with Crippen LogP contribution in [0, 0.1) is 5.92 Å². The first-order chi connectivity index (χ1) is 14.6. The molecule has 1 N–H and O–H groups in total. The van der Waals surface area contributed by atoms with E-state index >= 15 is 0 Å². The van der Waals surface area contributed by atoms with Crippen molar-refractivity contribution in [2.75, 3.05) is 13.6 Å². The molecule has 2 heterocycles. The van der Waals surface area contributed by atoms with Gasteiger partial charge >= 0.3 is 5.56 Å². The highest BCUT2D eigenvalue weighted by atomic mass is 16.3. The van der Waals surface area contributed by atoms with Gasteiger partial charge in [0.15, 0.2) is 5.69 Å². The van der Waals surface area contributed by atoms with Gasteiger partial charge in [-0.3, -0.25) is 9.59 Å². The van der Waals surface area contributed by atoms with Crippen LogP contribution in [0.25, 0.3) is 10.8 Å². The maximum absolute atomic E-state index is 12.8. The minimum Gasteiger partial charge on any atom is -0.501 e. The summed E-state index contributed by atoms with van der Waals surface area (Å²) in [5.41, 5.74) is 0.490. The van der Waals surface area contributed by atoms with Crippen LogP contribution < -0.4 is 5.56 Å². The number of rotatable bonds is 3. The van der Waals surface area contributed by atoms with Gasteiger partial charge < -0.3 is 14.6 Å². The Morgan fingerprint density at radius 2 is 1.77 bits per heavy atom. The number of aromatic hydroxyl groups is 1. The molecule has 30 heavy (non-hydrogen) atoms. The van der Waals surface area contributed by atoms with Crippen molar-refractivity contribution in [2.45, 2.75) is 38.1 Å². The van der Waals surface area contributed by atoms with E-state index in [4.69, 9.17) is 0 Å². The van der Waals surface area contributed by atoms with Crippen LogP contribution in [0.15, 0.2) is 47.3 Å². The molecule has 1 atom stereocenters. The molecule has 2 aromatic carbocycles. The molecular weight excluding hydrogens is 378 g/mol. The number of likely N-dealkylation sites (N-methyl/N-ethyl adjacent to an activating group) is 1. The van der Waals surface area contributed by atoms with E-state index in [-0.39, 0.29) is 17.5 Å². The monoisotopic (exact) mass is 403 g/mol. The topological polar surface area (TPSA) is 75.4 Å². The van der Waals surface area contributed by atoms with Crippen LogP contribution in [-0.2, 0) is 6.54 Å². The Labute approximate surface area is 174 Å². The lowest BCUT2D eigenvalue weighted by molar-refractivity contribution is 0.0737. The van der Waals surface area contributed by atoms with Crippen molar-refractivity contribution >= 4 is 16.7 Å². The average Bonchev–Trinajstić information content (AvgIpc) is 3.28. The first kappa shape index (κ1) is 18.9. The fourth-order valence-corrected chi connectivity index (χ4v) is 5.19. The van der Waals surface area contributed by atoms with Gasteiger partial charge in [-0.2, -0.15) is 4.98 Å². The Bertz CT molecular complexity index is 1190. The number of hydrogen-bond donors (Lipinski definition) is 1. The number of fused-ring (bicyclic) bond motifs is 2. The summed E-state index contributed by atoms with van der Waals surface area (Å²) in [6.45, 7) is 1.04. The highest BCUT2D eigenvalue weighted by molar-refractivity contribution is 5.95. The van der Waals surface area contributed by atoms with E-state index in [1.54, 1.807) is 16.5 Å². The van der Waals surface area contributed by atoms with E-state index in [0.29, 0.717) is 24.8 Å². The lowest BCUT2D eigenvalue weighted by atomic mass is 9.81. The summed E-state index contributed by atoms with van der Waals surface area (Å²) < 4.78 is 1.80. The molecule has 1 aliphatic carbocycles. The van der Waals surface area contributed by atoms with Crippen molar-refractivity contribution in [2.24, 2.45) is 5.92 Å². The average molecular weight is 403 g/mol. The molecule has 6 nitrogen and oxygen atoms in total. The summed E-state index contributed by atoms with van der Waals surface area (Å²) in [7, 11) is 1.69. The largest absolute Gasteiger partial charge is 0.501 e. The van der Waals surface area contributed by atoms with Crippen LogP contribution in [0.1, 0.15) is 53.5 Å². The van der Waals surface area contributed by atoms with E-state index < -0.39 is 11.3 Å². The zero-order valence-electron chi connectivity index (χ0n) is 17.0. The number of hydrogen-bond acceptors (Lipinski definition) is 4. The summed E-state index contributed by atoms with van der Waals surface area (Å²) in [6, 6.07) is 14.5. The lowest BCUT2D eigenvalue weighted by Gasteiger charge is -2.33. The molecule has 1 saturated carbocycles. The van der Waals surface area contributed by atoms with Gasteiger partial charge in [-0.1, -0.05) is 55.3 Å². The minimum atomic E-state index is -0.719. The Kier molecular flexibility index (Phi) is 4.57. The number of benzene rings is 2. The van der Waals surface area contributed by atoms with Crippen molar-refractivity contribution in [3.05, 3.63) is 69.9 Å². The molecule has 1 fully saturated rings. The number of aromatic nitrogens is 2. The number of carbonyl (C=O) groups excluding carboxylic acids is 1. The molecule has 0 radical (unpaired) electrons. The normalized spacial score (nSPS) is 18.0. The van der Waals surface area contributed by atoms with Crippen molar-refractivity contribution < 1.29 is 9.90 Å². The first-order valence-corrected chi connectivity index (χ1v) is 10.6. The molecule has 2 aliphatic rings. The summed E-state index contributed by atoms with van der Waals surface area (Å²) in [5.74, 6) is -0.0149. The van der Waals surface area contributed by atoms with Crippen molar-refractivity contribution in [1.29, 1.82) is 0 Å². The second-order valence-corrected chi connectivity index (χ2v) is 8.44. The molecule has 0 spiro atoms. The molecule has 6 heteroatoms. The Balaban J connectivity index is 1.79. The van der Waals surface area contributed by atoms with E-state index in [0.717, 1.165) is 42.0 Å². The third kappa shape index (κ3) is 2.90. The van der Waals surface area contributed by atoms with Crippen LogP contribution in [0.4, 0.5) is 0 Å². The Morgan fingerprint density at radius 1 is 1.03 bits per heavy atom. The highest BCUT2D eigenvalue weighted by Gasteiger charge is 2.36. The zero-order chi connectivity index (χ0) is 20.8. The van der Waals surface area contributed by atoms with Gasteiger partial charge in [0.2, 0.25) is 5.75 Å². The molecule has 0 saturated heterocycles. The Morgan fingerprint density at radius 3 is 2.57 bits per heavy atom. The van der Waals surface area contributed by atoms with E-state index in [1.165, 1.54) is 0 Å². The second-order valence-electron chi connectivity index (χ2n) is 8.44. The maximum atomic E-state index is 12.8. The maximum Gasteiger partial charge on any atom is 0.315 e. The van der Waals surface area contributed by atoms with Gasteiger partial charge in [0.05, 0.1) is 0 Å². The third-order valence-electron chi connectivity index (χ3n) is 6.71. The first-order valence-electron chi connectivity index (χ1n) is 10.6. The molecule has 0 bridgehead atoms. The molecule has 1 aliphatic heterocycles. The van der Waals surface area contributed by atoms with E-state index in [1.807, 2.05) is 18.2 Å². The van der Waals surface area contributed by atoms with Gasteiger partial charge in [0.1, 0.15) is 5.82 Å². The summed E-state index contributed by atoms with van der Waals surface area (Å²) >= 11 is 0. The number of nitrogens with zero attached hydrogens (tertiary/aromatic N) is 3. The molecule has 5 rings (SSSR count). The van der Waals surface area contributed by atoms with Crippen LogP contribution in [0.3, 0.4) is 0 Å². The third-order valence-corrected chi connectivity index (χ3v) is 6.71. The van der Waals surface area contributed by atoms with Gasteiger partial charge in [-0.25, -0.2) is 0 Å². The number of carbonyl (C=O) groups is 1.